The lowest BCUT2D eigenvalue weighted by Crippen LogP contribution is -2.20. The quantitative estimate of drug-likeness (QED) is 0.419. The number of aromatic nitrogens is 2. The minimum absolute atomic E-state index is 0.0178. The highest BCUT2D eigenvalue weighted by Crippen LogP contribution is 2.22. The number of hydrogen-bond acceptors (Lipinski definition) is 7. The second kappa shape index (κ2) is 10.7. The number of hydrogen-bond donors (Lipinski definition) is 1. The summed E-state index contributed by atoms with van der Waals surface area (Å²) in [5.41, 5.74) is 4.62. The summed E-state index contributed by atoms with van der Waals surface area (Å²) in [6.07, 6.45) is 3.97. The van der Waals surface area contributed by atoms with Gasteiger partial charge in [0.1, 0.15) is 17.2 Å². The van der Waals surface area contributed by atoms with Crippen LogP contribution in [0.2, 0.25) is 0 Å². The van der Waals surface area contributed by atoms with Crippen molar-refractivity contribution in [3.63, 3.8) is 0 Å². The molecule has 2 aromatic carbocycles. The van der Waals surface area contributed by atoms with Gasteiger partial charge in [-0.15, -0.1) is 0 Å². The summed E-state index contributed by atoms with van der Waals surface area (Å²) in [5, 5.41) is 3.98. The molecular formula is C23H24N4O4. The van der Waals surface area contributed by atoms with Crippen molar-refractivity contribution in [3.8, 4) is 28.5 Å². The number of benzene rings is 2. The molecule has 3 rings (SSSR count). The molecule has 0 radical (unpaired) electrons. The van der Waals surface area contributed by atoms with Gasteiger partial charge in [-0.25, -0.2) is 15.4 Å². The Morgan fingerprint density at radius 2 is 1.74 bits per heavy atom. The molecule has 1 heterocycles. The predicted molar refractivity (Wildman–Crippen MR) is 118 cm³/mol. The molecule has 0 unspecified atom stereocenters. The van der Waals surface area contributed by atoms with Crippen LogP contribution in [-0.2, 0) is 0 Å². The highest BCUT2D eigenvalue weighted by atomic mass is 16.5. The van der Waals surface area contributed by atoms with E-state index in [9.17, 15) is 4.79 Å². The number of methoxy groups -OCH3 is 2. The van der Waals surface area contributed by atoms with Gasteiger partial charge in [0.2, 0.25) is 5.82 Å². The molecule has 1 N–H and O–H groups in total. The van der Waals surface area contributed by atoms with Gasteiger partial charge < -0.3 is 14.2 Å². The monoisotopic (exact) mass is 420 g/mol. The number of amides is 1. The Morgan fingerprint density at radius 3 is 2.39 bits per heavy atom. The fraction of sp³-hybridized carbons (Fsp3) is 0.217. The van der Waals surface area contributed by atoms with Gasteiger partial charge in [0, 0.05) is 23.4 Å². The smallest absolute Gasteiger partial charge is 0.309 e. The normalized spacial score (nSPS) is 10.7. The summed E-state index contributed by atoms with van der Waals surface area (Å²) in [7, 11) is 3.13. The lowest BCUT2D eigenvalue weighted by atomic mass is 10.1. The predicted octanol–water partition coefficient (Wildman–Crippen LogP) is 3.71. The highest BCUT2D eigenvalue weighted by Gasteiger charge is 2.10. The molecule has 8 nitrogen and oxygen atoms in total. The number of ether oxygens (including phenoxy) is 3. The Bertz CT molecular complexity index is 1030. The fourth-order valence-electron chi connectivity index (χ4n) is 2.69. The second-order valence-electron chi connectivity index (χ2n) is 6.48. The Hall–Kier alpha value is -3.94. The summed E-state index contributed by atoms with van der Waals surface area (Å²) < 4.78 is 16.0. The first-order chi connectivity index (χ1) is 15.1. The van der Waals surface area contributed by atoms with Crippen LogP contribution in [0.25, 0.3) is 11.3 Å². The molecule has 0 spiro atoms. The molecule has 160 valence electrons. The van der Waals surface area contributed by atoms with Crippen LogP contribution in [0.4, 0.5) is 0 Å². The lowest BCUT2D eigenvalue weighted by molar-refractivity contribution is 0.0945. The van der Waals surface area contributed by atoms with Crippen molar-refractivity contribution in [1.82, 2.24) is 15.4 Å². The van der Waals surface area contributed by atoms with Gasteiger partial charge in [-0.2, -0.15) is 5.10 Å². The molecule has 0 saturated carbocycles. The number of rotatable bonds is 9. The van der Waals surface area contributed by atoms with E-state index in [2.05, 4.69) is 27.4 Å². The third-order valence-electron chi connectivity index (χ3n) is 4.24. The molecule has 0 atom stereocenters. The van der Waals surface area contributed by atoms with E-state index >= 15 is 0 Å². The zero-order valence-corrected chi connectivity index (χ0v) is 17.7. The van der Waals surface area contributed by atoms with Crippen LogP contribution in [0, 0.1) is 0 Å². The maximum Gasteiger partial charge on any atom is 0.309 e. The van der Waals surface area contributed by atoms with Crippen LogP contribution in [0.15, 0.2) is 59.8 Å². The number of hydrazone groups is 1. The first kappa shape index (κ1) is 21.8. The largest absolute Gasteiger partial charge is 0.497 e. The van der Waals surface area contributed by atoms with Crippen molar-refractivity contribution in [2.24, 2.45) is 5.10 Å². The van der Waals surface area contributed by atoms with E-state index in [-0.39, 0.29) is 5.82 Å². The molecule has 0 aliphatic carbocycles. The van der Waals surface area contributed by atoms with Crippen molar-refractivity contribution < 1.29 is 19.0 Å². The minimum Gasteiger partial charge on any atom is -0.497 e. The first-order valence-electron chi connectivity index (χ1n) is 9.75. The van der Waals surface area contributed by atoms with Crippen molar-refractivity contribution in [2.45, 2.75) is 13.3 Å². The third kappa shape index (κ3) is 6.02. The van der Waals surface area contributed by atoms with Crippen LogP contribution < -0.4 is 19.6 Å². The number of carbonyl (C=O) groups is 1. The SMILES string of the molecule is CCCOc1ccc(-c2ccnc(C(=O)NN=Cc3cc(OC)cc(OC)c3)n2)cc1. The standard InChI is InChI=1S/C23H24N4O4/c1-4-11-31-18-7-5-17(6-8-18)21-9-10-24-22(26-21)23(28)27-25-15-16-12-19(29-2)14-20(13-16)30-3/h5-10,12-15H,4,11H2,1-3H3,(H,27,28). The van der Waals surface area contributed by atoms with Crippen LogP contribution in [0.5, 0.6) is 17.2 Å². The van der Waals surface area contributed by atoms with Gasteiger partial charge >= 0.3 is 5.91 Å². The molecule has 8 heteroatoms. The molecule has 1 aromatic heterocycles. The molecule has 1 amide bonds. The van der Waals surface area contributed by atoms with Crippen molar-refractivity contribution >= 4 is 12.1 Å². The van der Waals surface area contributed by atoms with E-state index in [1.165, 1.54) is 12.4 Å². The average Bonchev–Trinajstić information content (AvgIpc) is 2.82. The van der Waals surface area contributed by atoms with E-state index < -0.39 is 5.91 Å². The zero-order chi connectivity index (χ0) is 22.1. The molecule has 0 fully saturated rings. The van der Waals surface area contributed by atoms with E-state index in [1.54, 1.807) is 38.5 Å². The van der Waals surface area contributed by atoms with Crippen molar-refractivity contribution in [3.05, 3.63) is 66.1 Å². The first-order valence-corrected chi connectivity index (χ1v) is 9.75. The zero-order valence-electron chi connectivity index (χ0n) is 17.7. The van der Waals surface area contributed by atoms with Crippen molar-refractivity contribution in [1.29, 1.82) is 0 Å². The lowest BCUT2D eigenvalue weighted by Gasteiger charge is -2.07. The Morgan fingerprint density at radius 1 is 1.03 bits per heavy atom. The summed E-state index contributed by atoms with van der Waals surface area (Å²) in [6.45, 7) is 2.72. The fourth-order valence-corrected chi connectivity index (χ4v) is 2.69. The number of nitrogens with zero attached hydrogens (tertiary/aromatic N) is 3. The molecule has 31 heavy (non-hydrogen) atoms. The van der Waals surface area contributed by atoms with Gasteiger partial charge in [-0.3, -0.25) is 4.79 Å². The van der Waals surface area contributed by atoms with Crippen molar-refractivity contribution in [2.75, 3.05) is 20.8 Å². The summed E-state index contributed by atoms with van der Waals surface area (Å²) >= 11 is 0. The van der Waals surface area contributed by atoms with Gasteiger partial charge in [0.25, 0.3) is 0 Å². The second-order valence-corrected chi connectivity index (χ2v) is 6.48. The van der Waals surface area contributed by atoms with Crippen LogP contribution in [0.1, 0.15) is 29.5 Å². The summed E-state index contributed by atoms with van der Waals surface area (Å²) in [5.74, 6) is 1.53. The van der Waals surface area contributed by atoms with E-state index in [0.717, 1.165) is 17.7 Å². The molecule has 0 aliphatic heterocycles. The summed E-state index contributed by atoms with van der Waals surface area (Å²) in [6, 6.07) is 14.6. The van der Waals surface area contributed by atoms with Gasteiger partial charge in [0.05, 0.1) is 32.7 Å². The highest BCUT2D eigenvalue weighted by molar-refractivity contribution is 5.92. The van der Waals surface area contributed by atoms with Crippen LogP contribution in [-0.4, -0.2) is 42.9 Å². The van der Waals surface area contributed by atoms with Gasteiger partial charge in [-0.1, -0.05) is 6.92 Å². The Balaban J connectivity index is 1.68. The number of nitrogens with one attached hydrogen (secondary N) is 1. The molecule has 0 saturated heterocycles. The average molecular weight is 420 g/mol. The number of carbonyl (C=O) groups excluding carboxylic acids is 1. The minimum atomic E-state index is -0.518. The van der Waals surface area contributed by atoms with E-state index in [0.29, 0.717) is 29.4 Å². The molecule has 0 bridgehead atoms. The Labute approximate surface area is 180 Å². The Kier molecular flexibility index (Phi) is 7.53. The van der Waals surface area contributed by atoms with E-state index in [1.807, 2.05) is 24.3 Å². The molecular weight excluding hydrogens is 396 g/mol. The van der Waals surface area contributed by atoms with E-state index in [4.69, 9.17) is 14.2 Å². The van der Waals surface area contributed by atoms with Crippen LogP contribution >= 0.6 is 0 Å². The third-order valence-corrected chi connectivity index (χ3v) is 4.24. The summed E-state index contributed by atoms with van der Waals surface area (Å²) in [4.78, 5) is 20.8. The van der Waals surface area contributed by atoms with Gasteiger partial charge in [0.15, 0.2) is 0 Å². The van der Waals surface area contributed by atoms with Crippen LogP contribution in [0.3, 0.4) is 0 Å². The molecule has 0 aliphatic rings. The topological polar surface area (TPSA) is 94.9 Å². The maximum atomic E-state index is 12.4. The molecule has 3 aromatic rings. The maximum absolute atomic E-state index is 12.4. The van der Waals surface area contributed by atoms with Gasteiger partial charge in [-0.05, 0) is 48.9 Å².